The Bertz CT molecular complexity index is 343. The Morgan fingerprint density at radius 3 is 2.61 bits per heavy atom. The Balaban J connectivity index is 2.77. The maximum atomic E-state index is 12.1. The number of hydrogen-bond acceptors (Lipinski definition) is 5. The molecule has 1 saturated heterocycles. The van der Waals surface area contributed by atoms with Crippen LogP contribution in [0, 0.1) is 11.8 Å². The Morgan fingerprint density at radius 2 is 2.11 bits per heavy atom. The average molecular weight is 312 g/mol. The quantitative estimate of drug-likeness (QED) is 0.761. The summed E-state index contributed by atoms with van der Waals surface area (Å²) in [5, 5.41) is -0.289. The van der Waals surface area contributed by atoms with Crippen LogP contribution in [0.1, 0.15) is 20.8 Å². The van der Waals surface area contributed by atoms with Gasteiger partial charge in [-0.25, -0.2) is 8.42 Å². The molecule has 2 atom stereocenters. The van der Waals surface area contributed by atoms with E-state index in [2.05, 4.69) is 31.4 Å². The van der Waals surface area contributed by atoms with Crippen molar-refractivity contribution in [1.82, 2.24) is 4.90 Å². The average Bonchev–Trinajstić information content (AvgIpc) is 2.35. The number of sulfone groups is 1. The van der Waals surface area contributed by atoms with E-state index in [1.807, 2.05) is 0 Å². The highest BCUT2D eigenvalue weighted by atomic mass is 32.2. The molecule has 18 heavy (non-hydrogen) atoms. The first-order chi connectivity index (χ1) is 8.42. The fourth-order valence-corrected chi connectivity index (χ4v) is 5.76. The van der Waals surface area contributed by atoms with Gasteiger partial charge in [0.2, 0.25) is 0 Å². The smallest absolute Gasteiger partial charge is 0.166 e. The minimum atomic E-state index is -2.97. The fourth-order valence-electron chi connectivity index (χ4n) is 2.13. The Morgan fingerprint density at radius 1 is 1.44 bits per heavy atom. The lowest BCUT2D eigenvalue weighted by molar-refractivity contribution is 0.211. The molecule has 3 nitrogen and oxygen atoms in total. The molecule has 108 valence electrons. The van der Waals surface area contributed by atoms with Gasteiger partial charge in [-0.3, -0.25) is 4.90 Å². The van der Waals surface area contributed by atoms with Gasteiger partial charge in [0.05, 0.1) is 0 Å². The van der Waals surface area contributed by atoms with E-state index in [4.69, 9.17) is 0 Å². The molecule has 0 spiro atoms. The van der Waals surface area contributed by atoms with Crippen LogP contribution in [0.25, 0.3) is 0 Å². The van der Waals surface area contributed by atoms with Crippen molar-refractivity contribution in [2.24, 2.45) is 11.8 Å². The Kier molecular flexibility index (Phi) is 6.86. The van der Waals surface area contributed by atoms with Gasteiger partial charge in [0.25, 0.3) is 0 Å². The number of nitrogens with zero attached hydrogens (tertiary/aromatic N) is 1. The first-order valence-electron chi connectivity index (χ1n) is 6.56. The highest BCUT2D eigenvalue weighted by molar-refractivity contribution is 8.01. The van der Waals surface area contributed by atoms with Crippen molar-refractivity contribution in [2.45, 2.75) is 26.1 Å². The van der Waals surface area contributed by atoms with Crippen LogP contribution < -0.4 is 0 Å². The molecule has 0 saturated carbocycles. The third-order valence-electron chi connectivity index (χ3n) is 3.65. The van der Waals surface area contributed by atoms with E-state index in [-0.39, 0.29) is 11.1 Å². The van der Waals surface area contributed by atoms with Crippen molar-refractivity contribution in [3.05, 3.63) is 0 Å². The third-order valence-corrected chi connectivity index (χ3v) is 7.46. The lowest BCUT2D eigenvalue weighted by Gasteiger charge is -2.37. The molecule has 1 rings (SSSR count). The van der Waals surface area contributed by atoms with Crippen molar-refractivity contribution in [1.29, 1.82) is 0 Å². The SMILES string of the molecule is CCS(=O)(=O)C1CSCCN1CC(CS)C(C)C. The molecule has 0 aromatic heterocycles. The fraction of sp³-hybridized carbons (Fsp3) is 1.00. The molecule has 0 N–H and O–H groups in total. The summed E-state index contributed by atoms with van der Waals surface area (Å²) in [6, 6.07) is 0. The second kappa shape index (κ2) is 7.41. The van der Waals surface area contributed by atoms with Crippen molar-refractivity contribution in [2.75, 3.05) is 36.1 Å². The molecule has 0 aliphatic carbocycles. The van der Waals surface area contributed by atoms with Crippen LogP contribution in [0.4, 0.5) is 0 Å². The van der Waals surface area contributed by atoms with E-state index in [0.29, 0.717) is 17.6 Å². The van der Waals surface area contributed by atoms with E-state index < -0.39 is 9.84 Å². The van der Waals surface area contributed by atoms with Gasteiger partial charge in [-0.2, -0.15) is 24.4 Å². The van der Waals surface area contributed by atoms with Gasteiger partial charge in [0.1, 0.15) is 5.37 Å². The molecular weight excluding hydrogens is 286 g/mol. The zero-order chi connectivity index (χ0) is 13.8. The van der Waals surface area contributed by atoms with Crippen LogP contribution in [-0.4, -0.2) is 54.8 Å². The Hall–Kier alpha value is 0.610. The topological polar surface area (TPSA) is 37.4 Å². The predicted octanol–water partition coefficient (Wildman–Crippen LogP) is 2.00. The standard InChI is InChI=1S/C12H25NO2S3/c1-4-18(14,15)12-9-17-6-5-13(12)7-11(8-16)10(2)3/h10-12,16H,4-9H2,1-3H3. The maximum Gasteiger partial charge on any atom is 0.166 e. The van der Waals surface area contributed by atoms with Crippen LogP contribution in [0.2, 0.25) is 0 Å². The summed E-state index contributed by atoms with van der Waals surface area (Å²) in [5.41, 5.74) is 0. The third kappa shape index (κ3) is 4.32. The number of hydrogen-bond donors (Lipinski definition) is 1. The molecule has 0 aromatic carbocycles. The van der Waals surface area contributed by atoms with Gasteiger partial charge in [0.15, 0.2) is 9.84 Å². The van der Waals surface area contributed by atoms with Gasteiger partial charge in [-0.05, 0) is 17.6 Å². The van der Waals surface area contributed by atoms with Gasteiger partial charge >= 0.3 is 0 Å². The van der Waals surface area contributed by atoms with Gasteiger partial charge in [0, 0.05) is 30.3 Å². The van der Waals surface area contributed by atoms with Crippen LogP contribution in [-0.2, 0) is 9.84 Å². The molecule has 6 heteroatoms. The number of thiol groups is 1. The van der Waals surface area contributed by atoms with Crippen LogP contribution in [0.3, 0.4) is 0 Å². The van der Waals surface area contributed by atoms with Gasteiger partial charge < -0.3 is 0 Å². The molecule has 0 aromatic rings. The number of rotatable bonds is 6. The van der Waals surface area contributed by atoms with E-state index >= 15 is 0 Å². The van der Waals surface area contributed by atoms with Crippen molar-refractivity contribution >= 4 is 34.2 Å². The molecule has 1 fully saturated rings. The molecule has 0 radical (unpaired) electrons. The zero-order valence-corrected chi connectivity index (χ0v) is 14.0. The van der Waals surface area contributed by atoms with Crippen LogP contribution in [0.5, 0.6) is 0 Å². The van der Waals surface area contributed by atoms with E-state index in [9.17, 15) is 8.42 Å². The van der Waals surface area contributed by atoms with E-state index in [1.54, 1.807) is 18.7 Å². The van der Waals surface area contributed by atoms with Gasteiger partial charge in [-0.15, -0.1) is 0 Å². The summed E-state index contributed by atoms with van der Waals surface area (Å²) in [6.45, 7) is 7.84. The second-order valence-electron chi connectivity index (χ2n) is 5.16. The highest BCUT2D eigenvalue weighted by Crippen LogP contribution is 2.24. The normalized spacial score (nSPS) is 24.4. The highest BCUT2D eigenvalue weighted by Gasteiger charge is 2.34. The van der Waals surface area contributed by atoms with E-state index in [0.717, 1.165) is 24.6 Å². The maximum absolute atomic E-state index is 12.1. The van der Waals surface area contributed by atoms with Crippen molar-refractivity contribution in [3.63, 3.8) is 0 Å². The van der Waals surface area contributed by atoms with Crippen molar-refractivity contribution in [3.8, 4) is 0 Å². The van der Waals surface area contributed by atoms with Crippen molar-refractivity contribution < 1.29 is 8.42 Å². The monoisotopic (exact) mass is 311 g/mol. The molecule has 0 bridgehead atoms. The lowest BCUT2D eigenvalue weighted by Crippen LogP contribution is -2.50. The molecule has 2 unspecified atom stereocenters. The first kappa shape index (κ1) is 16.7. The molecule has 1 aliphatic rings. The summed E-state index contributed by atoms with van der Waals surface area (Å²) in [5.74, 6) is 3.82. The molecular formula is C12H25NO2S3. The molecule has 0 amide bonds. The summed E-state index contributed by atoms with van der Waals surface area (Å²) in [7, 11) is -2.97. The summed E-state index contributed by atoms with van der Waals surface area (Å²) < 4.78 is 24.3. The first-order valence-corrected chi connectivity index (χ1v) is 10.1. The minimum Gasteiger partial charge on any atom is -0.285 e. The molecule has 1 heterocycles. The summed E-state index contributed by atoms with van der Waals surface area (Å²) in [6.07, 6.45) is 0. The second-order valence-corrected chi connectivity index (χ2v) is 9.12. The zero-order valence-electron chi connectivity index (χ0n) is 11.5. The van der Waals surface area contributed by atoms with Gasteiger partial charge in [-0.1, -0.05) is 20.8 Å². The molecule has 1 aliphatic heterocycles. The number of thioether (sulfide) groups is 1. The lowest BCUT2D eigenvalue weighted by atomic mass is 9.97. The Labute approximate surface area is 121 Å². The van der Waals surface area contributed by atoms with Crippen LogP contribution in [0.15, 0.2) is 0 Å². The van der Waals surface area contributed by atoms with E-state index in [1.165, 1.54) is 0 Å². The van der Waals surface area contributed by atoms with Crippen LogP contribution >= 0.6 is 24.4 Å². The summed E-state index contributed by atoms with van der Waals surface area (Å²) in [4.78, 5) is 2.16. The summed E-state index contributed by atoms with van der Waals surface area (Å²) >= 11 is 6.15. The largest absolute Gasteiger partial charge is 0.285 e. The minimum absolute atomic E-state index is 0.238. The predicted molar refractivity (Wildman–Crippen MR) is 84.3 cm³/mol.